The van der Waals surface area contributed by atoms with E-state index in [9.17, 15) is 4.79 Å². The molecule has 0 aliphatic heterocycles. The van der Waals surface area contributed by atoms with Crippen LogP contribution < -0.4 is 10.1 Å². The molecule has 0 bridgehead atoms. The van der Waals surface area contributed by atoms with Crippen LogP contribution in [0.3, 0.4) is 0 Å². The topological polar surface area (TPSA) is 60.5 Å². The molecular weight excluding hydrogens is 352 g/mol. The highest BCUT2D eigenvalue weighted by Crippen LogP contribution is 2.34. The van der Waals surface area contributed by atoms with E-state index in [0.29, 0.717) is 27.5 Å². The summed E-state index contributed by atoms with van der Waals surface area (Å²) < 4.78 is 10.6. The molecule has 26 heavy (non-hydrogen) atoms. The second-order valence-electron chi connectivity index (χ2n) is 5.71. The molecular formula is C20H19ClN2O3. The summed E-state index contributed by atoms with van der Waals surface area (Å²) in [7, 11) is 1.59. The van der Waals surface area contributed by atoms with Crippen molar-refractivity contribution in [3.05, 3.63) is 58.7 Å². The number of carbonyl (C=O) groups is 1. The Hall–Kier alpha value is -2.79. The summed E-state index contributed by atoms with van der Waals surface area (Å²) in [6.07, 6.45) is 1.51. The number of carbonyl (C=O) groups excluding carboxylic acids is 1. The van der Waals surface area contributed by atoms with Gasteiger partial charge in [-0.05, 0) is 43.7 Å². The van der Waals surface area contributed by atoms with Gasteiger partial charge in [-0.1, -0.05) is 23.7 Å². The van der Waals surface area contributed by atoms with Gasteiger partial charge >= 0.3 is 5.97 Å². The van der Waals surface area contributed by atoms with E-state index in [-0.39, 0.29) is 6.61 Å². The van der Waals surface area contributed by atoms with Crippen LogP contribution in [0.4, 0.5) is 11.4 Å². The monoisotopic (exact) mass is 370 g/mol. The van der Waals surface area contributed by atoms with E-state index in [1.54, 1.807) is 20.1 Å². The second kappa shape index (κ2) is 7.62. The highest BCUT2D eigenvalue weighted by molar-refractivity contribution is 6.30. The lowest BCUT2D eigenvalue weighted by Gasteiger charge is -2.16. The maximum atomic E-state index is 12.4. The molecule has 2 aromatic carbocycles. The number of halogens is 1. The zero-order valence-electron chi connectivity index (χ0n) is 14.8. The first-order valence-corrected chi connectivity index (χ1v) is 8.59. The Bertz CT molecular complexity index is 973. The number of nitrogens with one attached hydrogen (secondary N) is 1. The molecule has 3 rings (SSSR count). The standard InChI is InChI=1S/C20H19ClN2O3/c1-4-26-20(24)15-11-22-19-14(6-5-7-17(19)25-3)18(15)23-16-9-8-13(21)10-12(16)2/h5-11H,4H2,1-3H3,(H,22,23). The number of nitrogens with zero attached hydrogens (tertiary/aromatic N) is 1. The number of ether oxygens (including phenoxy) is 2. The number of aromatic nitrogens is 1. The molecule has 0 aliphatic rings. The lowest BCUT2D eigenvalue weighted by molar-refractivity contribution is 0.0527. The van der Waals surface area contributed by atoms with Crippen molar-refractivity contribution in [1.82, 2.24) is 4.98 Å². The van der Waals surface area contributed by atoms with Crippen LogP contribution in [-0.4, -0.2) is 24.7 Å². The molecule has 0 fully saturated rings. The lowest BCUT2D eigenvalue weighted by atomic mass is 10.1. The first-order valence-electron chi connectivity index (χ1n) is 8.21. The van der Waals surface area contributed by atoms with Crippen molar-refractivity contribution in [1.29, 1.82) is 0 Å². The van der Waals surface area contributed by atoms with Crippen LogP contribution in [0, 0.1) is 6.92 Å². The van der Waals surface area contributed by atoms with Gasteiger partial charge in [0.25, 0.3) is 0 Å². The number of anilines is 2. The third kappa shape index (κ3) is 3.44. The van der Waals surface area contributed by atoms with Gasteiger partial charge in [-0.2, -0.15) is 0 Å². The van der Waals surface area contributed by atoms with Crippen molar-refractivity contribution in [2.45, 2.75) is 13.8 Å². The van der Waals surface area contributed by atoms with Crippen LogP contribution in [-0.2, 0) is 4.74 Å². The van der Waals surface area contributed by atoms with E-state index in [0.717, 1.165) is 16.6 Å². The Kier molecular flexibility index (Phi) is 5.28. The van der Waals surface area contributed by atoms with Crippen LogP contribution in [0.1, 0.15) is 22.8 Å². The molecule has 3 aromatic rings. The summed E-state index contributed by atoms with van der Waals surface area (Å²) >= 11 is 6.05. The number of benzene rings is 2. The number of para-hydroxylation sites is 1. The molecule has 0 amide bonds. The normalized spacial score (nSPS) is 10.6. The molecule has 0 atom stereocenters. The Morgan fingerprint density at radius 3 is 2.77 bits per heavy atom. The molecule has 1 aromatic heterocycles. The van der Waals surface area contributed by atoms with E-state index in [1.165, 1.54) is 6.20 Å². The smallest absolute Gasteiger partial charge is 0.341 e. The fraction of sp³-hybridized carbons (Fsp3) is 0.200. The number of aryl methyl sites for hydroxylation is 1. The average molecular weight is 371 g/mol. The van der Waals surface area contributed by atoms with Crippen molar-refractivity contribution >= 4 is 39.8 Å². The van der Waals surface area contributed by atoms with Gasteiger partial charge in [0.2, 0.25) is 0 Å². The van der Waals surface area contributed by atoms with E-state index in [4.69, 9.17) is 21.1 Å². The molecule has 0 saturated heterocycles. The van der Waals surface area contributed by atoms with Gasteiger partial charge < -0.3 is 14.8 Å². The molecule has 0 unspecified atom stereocenters. The number of pyridine rings is 1. The maximum absolute atomic E-state index is 12.4. The van der Waals surface area contributed by atoms with Gasteiger partial charge in [0, 0.05) is 22.3 Å². The van der Waals surface area contributed by atoms with Crippen LogP contribution in [0.15, 0.2) is 42.6 Å². The van der Waals surface area contributed by atoms with Gasteiger partial charge in [0.1, 0.15) is 16.8 Å². The summed E-state index contributed by atoms with van der Waals surface area (Å²) in [4.78, 5) is 16.8. The summed E-state index contributed by atoms with van der Waals surface area (Å²) in [5.74, 6) is 0.202. The number of esters is 1. The molecule has 0 spiro atoms. The van der Waals surface area contributed by atoms with Crippen LogP contribution in [0.5, 0.6) is 5.75 Å². The summed E-state index contributed by atoms with van der Waals surface area (Å²) in [5, 5.41) is 4.77. The molecule has 0 saturated carbocycles. The zero-order chi connectivity index (χ0) is 18.7. The van der Waals surface area contributed by atoms with Gasteiger partial charge in [0.05, 0.1) is 19.4 Å². The largest absolute Gasteiger partial charge is 0.494 e. The fourth-order valence-corrected chi connectivity index (χ4v) is 2.99. The molecule has 0 radical (unpaired) electrons. The molecule has 1 heterocycles. The minimum atomic E-state index is -0.432. The van der Waals surface area contributed by atoms with Crippen LogP contribution in [0.2, 0.25) is 5.02 Å². The predicted molar refractivity (Wildman–Crippen MR) is 104 cm³/mol. The van der Waals surface area contributed by atoms with Crippen molar-refractivity contribution < 1.29 is 14.3 Å². The van der Waals surface area contributed by atoms with Gasteiger partial charge in [0.15, 0.2) is 0 Å². The summed E-state index contributed by atoms with van der Waals surface area (Å²) in [6.45, 7) is 4.00. The van der Waals surface area contributed by atoms with Crippen LogP contribution >= 0.6 is 11.6 Å². The Balaban J connectivity index is 2.21. The Labute approximate surface area is 156 Å². The minimum absolute atomic E-state index is 0.286. The predicted octanol–water partition coefficient (Wildman–Crippen LogP) is 5.13. The molecule has 0 aliphatic carbocycles. The maximum Gasteiger partial charge on any atom is 0.341 e. The van der Waals surface area contributed by atoms with Gasteiger partial charge in [-0.15, -0.1) is 0 Å². The average Bonchev–Trinajstić information content (AvgIpc) is 2.63. The first-order chi connectivity index (χ1) is 12.5. The van der Waals surface area contributed by atoms with Gasteiger partial charge in [-0.3, -0.25) is 4.98 Å². The third-order valence-corrected chi connectivity index (χ3v) is 4.26. The number of fused-ring (bicyclic) bond motifs is 1. The SMILES string of the molecule is CCOC(=O)c1cnc2c(OC)cccc2c1Nc1ccc(Cl)cc1C. The van der Waals surface area contributed by atoms with E-state index in [2.05, 4.69) is 10.3 Å². The number of hydrogen-bond donors (Lipinski definition) is 1. The van der Waals surface area contributed by atoms with E-state index >= 15 is 0 Å². The Morgan fingerprint density at radius 1 is 1.27 bits per heavy atom. The number of rotatable bonds is 5. The number of methoxy groups -OCH3 is 1. The van der Waals surface area contributed by atoms with E-state index in [1.807, 2.05) is 37.3 Å². The first kappa shape index (κ1) is 18.0. The van der Waals surface area contributed by atoms with Gasteiger partial charge in [-0.25, -0.2) is 4.79 Å². The van der Waals surface area contributed by atoms with Crippen molar-refractivity contribution in [2.24, 2.45) is 0 Å². The summed E-state index contributed by atoms with van der Waals surface area (Å²) in [5.41, 5.74) is 3.45. The number of hydrogen-bond acceptors (Lipinski definition) is 5. The van der Waals surface area contributed by atoms with Crippen LogP contribution in [0.25, 0.3) is 10.9 Å². The van der Waals surface area contributed by atoms with E-state index < -0.39 is 5.97 Å². The highest BCUT2D eigenvalue weighted by Gasteiger charge is 2.19. The van der Waals surface area contributed by atoms with Crippen molar-refractivity contribution in [3.8, 4) is 5.75 Å². The Morgan fingerprint density at radius 2 is 2.08 bits per heavy atom. The lowest BCUT2D eigenvalue weighted by Crippen LogP contribution is -2.10. The quantitative estimate of drug-likeness (QED) is 0.631. The zero-order valence-corrected chi connectivity index (χ0v) is 15.6. The third-order valence-electron chi connectivity index (χ3n) is 4.02. The van der Waals surface area contributed by atoms with Crippen molar-refractivity contribution in [2.75, 3.05) is 19.0 Å². The summed E-state index contributed by atoms with van der Waals surface area (Å²) in [6, 6.07) is 11.1. The molecule has 134 valence electrons. The minimum Gasteiger partial charge on any atom is -0.494 e. The molecule has 1 N–H and O–H groups in total. The van der Waals surface area contributed by atoms with Crippen molar-refractivity contribution in [3.63, 3.8) is 0 Å². The molecule has 6 heteroatoms. The highest BCUT2D eigenvalue weighted by atomic mass is 35.5. The fourth-order valence-electron chi connectivity index (χ4n) is 2.76. The molecule has 5 nitrogen and oxygen atoms in total. The second-order valence-corrected chi connectivity index (χ2v) is 6.14.